The van der Waals surface area contributed by atoms with Crippen molar-refractivity contribution >= 4 is 11.9 Å². The fraction of sp³-hybridized carbons (Fsp3) is 0.385. The van der Waals surface area contributed by atoms with Crippen LogP contribution in [0.1, 0.15) is 24.5 Å². The molecule has 1 aromatic carbocycles. The Morgan fingerprint density at radius 1 is 1.39 bits per heavy atom. The standard InChI is InChI=1S/C13H17NO4/c1-3-10-6-9(4-5-11(10)18-2)8-14-12(15)7-13(16)17/h4-6H,3,7-8H2,1-2H3,(H,14,15)(H,16,17). The first-order valence-corrected chi connectivity index (χ1v) is 5.71. The third kappa shape index (κ3) is 4.08. The van der Waals surface area contributed by atoms with Gasteiger partial charge >= 0.3 is 5.97 Å². The minimum atomic E-state index is -1.13. The SMILES string of the molecule is CCc1cc(CNC(=O)CC(=O)O)ccc1OC. The summed E-state index contributed by atoms with van der Waals surface area (Å²) in [7, 11) is 1.61. The van der Waals surface area contributed by atoms with Gasteiger partial charge in [0, 0.05) is 6.54 Å². The van der Waals surface area contributed by atoms with Crippen molar-refractivity contribution in [3.05, 3.63) is 29.3 Å². The van der Waals surface area contributed by atoms with Gasteiger partial charge in [-0.1, -0.05) is 19.1 Å². The van der Waals surface area contributed by atoms with Crippen LogP contribution in [-0.4, -0.2) is 24.1 Å². The fourth-order valence-electron chi connectivity index (χ4n) is 1.62. The average molecular weight is 251 g/mol. The second-order valence-electron chi connectivity index (χ2n) is 3.85. The van der Waals surface area contributed by atoms with Crippen molar-refractivity contribution in [1.82, 2.24) is 5.32 Å². The molecule has 0 fully saturated rings. The highest BCUT2D eigenvalue weighted by molar-refractivity contribution is 5.93. The highest BCUT2D eigenvalue weighted by Crippen LogP contribution is 2.20. The van der Waals surface area contributed by atoms with E-state index in [1.807, 2.05) is 25.1 Å². The molecular formula is C13H17NO4. The molecule has 0 saturated heterocycles. The quantitative estimate of drug-likeness (QED) is 0.748. The molecule has 0 radical (unpaired) electrons. The molecule has 2 N–H and O–H groups in total. The van der Waals surface area contributed by atoms with Crippen molar-refractivity contribution < 1.29 is 19.4 Å². The number of methoxy groups -OCH3 is 1. The number of benzene rings is 1. The van der Waals surface area contributed by atoms with E-state index in [2.05, 4.69) is 5.32 Å². The Morgan fingerprint density at radius 2 is 2.11 bits per heavy atom. The summed E-state index contributed by atoms with van der Waals surface area (Å²) in [4.78, 5) is 21.5. The molecule has 0 spiro atoms. The van der Waals surface area contributed by atoms with E-state index in [0.29, 0.717) is 6.54 Å². The van der Waals surface area contributed by atoms with Crippen molar-refractivity contribution in [2.75, 3.05) is 7.11 Å². The Labute approximate surface area is 106 Å². The number of carboxylic acids is 1. The molecule has 0 aliphatic rings. The van der Waals surface area contributed by atoms with E-state index in [4.69, 9.17) is 9.84 Å². The first-order chi connectivity index (χ1) is 8.56. The van der Waals surface area contributed by atoms with E-state index >= 15 is 0 Å². The maximum absolute atomic E-state index is 11.2. The zero-order chi connectivity index (χ0) is 13.5. The number of nitrogens with one attached hydrogen (secondary N) is 1. The van der Waals surface area contributed by atoms with Crippen LogP contribution in [0.3, 0.4) is 0 Å². The minimum absolute atomic E-state index is 0.323. The molecule has 1 aromatic rings. The van der Waals surface area contributed by atoms with Crippen LogP contribution in [-0.2, 0) is 22.6 Å². The molecule has 1 rings (SSSR count). The zero-order valence-corrected chi connectivity index (χ0v) is 10.5. The summed E-state index contributed by atoms with van der Waals surface area (Å²) in [6.07, 6.45) is 0.330. The van der Waals surface area contributed by atoms with Gasteiger partial charge in [0.25, 0.3) is 0 Å². The van der Waals surface area contributed by atoms with Crippen LogP contribution in [0.25, 0.3) is 0 Å². The highest BCUT2D eigenvalue weighted by Gasteiger charge is 2.07. The molecule has 0 aliphatic carbocycles. The van der Waals surface area contributed by atoms with Crippen molar-refractivity contribution in [3.63, 3.8) is 0 Å². The van der Waals surface area contributed by atoms with Gasteiger partial charge < -0.3 is 15.2 Å². The van der Waals surface area contributed by atoms with Crippen LogP contribution < -0.4 is 10.1 Å². The summed E-state index contributed by atoms with van der Waals surface area (Å²) in [6.45, 7) is 2.34. The lowest BCUT2D eigenvalue weighted by atomic mass is 10.1. The second kappa shape index (κ2) is 6.64. The number of amides is 1. The molecule has 0 unspecified atom stereocenters. The van der Waals surface area contributed by atoms with Crippen LogP contribution in [0, 0.1) is 0 Å². The van der Waals surface area contributed by atoms with Gasteiger partial charge in [-0.15, -0.1) is 0 Å². The Bertz CT molecular complexity index is 443. The molecule has 0 aromatic heterocycles. The number of carbonyl (C=O) groups excluding carboxylic acids is 1. The van der Waals surface area contributed by atoms with Gasteiger partial charge in [-0.3, -0.25) is 9.59 Å². The van der Waals surface area contributed by atoms with Gasteiger partial charge in [0.15, 0.2) is 0 Å². The van der Waals surface area contributed by atoms with Gasteiger partial charge in [0.05, 0.1) is 7.11 Å². The Kier molecular flexibility index (Phi) is 5.17. The van der Waals surface area contributed by atoms with Gasteiger partial charge in [-0.05, 0) is 23.6 Å². The molecular weight excluding hydrogens is 234 g/mol. The van der Waals surface area contributed by atoms with Crippen LogP contribution in [0.4, 0.5) is 0 Å². The van der Waals surface area contributed by atoms with Crippen molar-refractivity contribution in [2.45, 2.75) is 26.3 Å². The number of hydrogen-bond acceptors (Lipinski definition) is 3. The topological polar surface area (TPSA) is 75.6 Å². The van der Waals surface area contributed by atoms with Crippen molar-refractivity contribution in [1.29, 1.82) is 0 Å². The third-order valence-corrected chi connectivity index (χ3v) is 2.53. The van der Waals surface area contributed by atoms with Gasteiger partial charge in [-0.25, -0.2) is 0 Å². The predicted molar refractivity (Wildman–Crippen MR) is 66.5 cm³/mol. The van der Waals surface area contributed by atoms with Crippen molar-refractivity contribution in [2.24, 2.45) is 0 Å². The summed E-state index contributed by atoms with van der Waals surface area (Å²) in [5, 5.41) is 11.0. The smallest absolute Gasteiger partial charge is 0.312 e. The molecule has 5 nitrogen and oxygen atoms in total. The summed E-state index contributed by atoms with van der Waals surface area (Å²) < 4.78 is 5.20. The van der Waals surface area contributed by atoms with E-state index in [-0.39, 0.29) is 0 Å². The number of aliphatic carboxylic acids is 1. The third-order valence-electron chi connectivity index (χ3n) is 2.53. The van der Waals surface area contributed by atoms with E-state index in [0.717, 1.165) is 23.3 Å². The Balaban J connectivity index is 2.63. The van der Waals surface area contributed by atoms with E-state index < -0.39 is 18.3 Å². The Hall–Kier alpha value is -2.04. The lowest BCUT2D eigenvalue weighted by Gasteiger charge is -2.09. The first kappa shape index (κ1) is 14.0. The molecule has 0 saturated carbocycles. The summed E-state index contributed by atoms with van der Waals surface area (Å²) in [5.41, 5.74) is 1.98. The number of carbonyl (C=O) groups is 2. The Morgan fingerprint density at radius 3 is 2.67 bits per heavy atom. The van der Waals surface area contributed by atoms with Crippen LogP contribution >= 0.6 is 0 Å². The number of hydrogen-bond donors (Lipinski definition) is 2. The summed E-state index contributed by atoms with van der Waals surface area (Å²) in [5.74, 6) is -0.800. The highest BCUT2D eigenvalue weighted by atomic mass is 16.5. The molecule has 0 atom stereocenters. The normalized spacial score (nSPS) is 9.89. The molecule has 98 valence electrons. The van der Waals surface area contributed by atoms with Gasteiger partial charge in [0.1, 0.15) is 12.2 Å². The average Bonchev–Trinajstić information content (AvgIpc) is 2.35. The molecule has 1 amide bonds. The van der Waals surface area contributed by atoms with Crippen LogP contribution in [0.2, 0.25) is 0 Å². The van der Waals surface area contributed by atoms with Gasteiger partial charge in [-0.2, -0.15) is 0 Å². The molecule has 0 heterocycles. The molecule has 18 heavy (non-hydrogen) atoms. The maximum Gasteiger partial charge on any atom is 0.312 e. The van der Waals surface area contributed by atoms with Gasteiger partial charge in [0.2, 0.25) is 5.91 Å². The fourth-order valence-corrected chi connectivity index (χ4v) is 1.62. The lowest BCUT2D eigenvalue weighted by molar-refractivity contribution is -0.140. The maximum atomic E-state index is 11.2. The first-order valence-electron chi connectivity index (χ1n) is 5.71. The van der Waals surface area contributed by atoms with Crippen LogP contribution in [0.5, 0.6) is 5.75 Å². The minimum Gasteiger partial charge on any atom is -0.496 e. The van der Waals surface area contributed by atoms with E-state index in [9.17, 15) is 9.59 Å². The van der Waals surface area contributed by atoms with E-state index in [1.54, 1.807) is 7.11 Å². The van der Waals surface area contributed by atoms with E-state index in [1.165, 1.54) is 0 Å². The predicted octanol–water partition coefficient (Wildman–Crippen LogP) is 1.35. The number of aryl methyl sites for hydroxylation is 1. The summed E-state index contributed by atoms with van der Waals surface area (Å²) >= 11 is 0. The summed E-state index contributed by atoms with van der Waals surface area (Å²) in [6, 6.07) is 5.64. The number of rotatable bonds is 6. The monoisotopic (exact) mass is 251 g/mol. The molecule has 0 aliphatic heterocycles. The largest absolute Gasteiger partial charge is 0.496 e. The lowest BCUT2D eigenvalue weighted by Crippen LogP contribution is -2.25. The number of ether oxygens (including phenoxy) is 1. The number of carboxylic acid groups (broad SMARTS) is 1. The second-order valence-corrected chi connectivity index (χ2v) is 3.85. The molecule has 5 heteroatoms. The zero-order valence-electron chi connectivity index (χ0n) is 10.5. The van der Waals surface area contributed by atoms with Crippen molar-refractivity contribution in [3.8, 4) is 5.75 Å². The van der Waals surface area contributed by atoms with Crippen LogP contribution in [0.15, 0.2) is 18.2 Å². The molecule has 0 bridgehead atoms.